The molecule has 1 aliphatic heterocycles. The van der Waals surface area contributed by atoms with Gasteiger partial charge in [0.15, 0.2) is 0 Å². The lowest BCUT2D eigenvalue weighted by atomic mass is 9.95. The van der Waals surface area contributed by atoms with Crippen LogP contribution in [0.25, 0.3) is 0 Å². The number of nitriles is 1. The molecule has 0 spiro atoms. The third-order valence-electron chi connectivity index (χ3n) is 3.34. The van der Waals surface area contributed by atoms with Gasteiger partial charge in [0.1, 0.15) is 6.07 Å². The van der Waals surface area contributed by atoms with Crippen LogP contribution in [0, 0.1) is 17.2 Å². The van der Waals surface area contributed by atoms with Gasteiger partial charge in [0.25, 0.3) is 0 Å². The molecule has 0 aromatic heterocycles. The van der Waals surface area contributed by atoms with Crippen LogP contribution in [0.2, 0.25) is 0 Å². The maximum Gasteiger partial charge on any atom is 0.101 e. The number of benzene rings is 1. The predicted molar refractivity (Wildman–Crippen MR) is 67.6 cm³/mol. The van der Waals surface area contributed by atoms with Crippen molar-refractivity contribution in [1.29, 1.82) is 5.26 Å². The first kappa shape index (κ1) is 11.7. The molecule has 3 N–H and O–H groups in total. The quantitative estimate of drug-likeness (QED) is 0.715. The van der Waals surface area contributed by atoms with Crippen LogP contribution in [-0.4, -0.2) is 24.3 Å². The zero-order valence-corrected chi connectivity index (χ0v) is 9.93. The number of nitrogens with zero attached hydrogens (tertiary/aromatic N) is 2. The predicted octanol–water partition coefficient (Wildman–Crippen LogP) is 1.35. The summed E-state index contributed by atoms with van der Waals surface area (Å²) in [5, 5.41) is 18.8. The summed E-state index contributed by atoms with van der Waals surface area (Å²) in [7, 11) is 0. The Balaban J connectivity index is 2.26. The van der Waals surface area contributed by atoms with Gasteiger partial charge in [-0.05, 0) is 30.5 Å². The van der Waals surface area contributed by atoms with E-state index in [1.807, 2.05) is 19.1 Å². The summed E-state index contributed by atoms with van der Waals surface area (Å²) >= 11 is 0. The summed E-state index contributed by atoms with van der Waals surface area (Å²) in [6, 6.07) is 7.57. The number of hydrogen-bond donors (Lipinski definition) is 2. The Bertz CT molecular complexity index is 452. The second-order valence-electron chi connectivity index (χ2n) is 4.67. The van der Waals surface area contributed by atoms with Gasteiger partial charge >= 0.3 is 0 Å². The standard InChI is InChI=1S/C13H17N3O/c1-9-8-16(5-4-13(9)17)12-3-2-11(15)6-10(12)7-14/h2-3,6,9,13,17H,4-5,8,15H2,1H3. The molecule has 17 heavy (non-hydrogen) atoms. The second kappa shape index (κ2) is 4.64. The topological polar surface area (TPSA) is 73.3 Å². The van der Waals surface area contributed by atoms with E-state index >= 15 is 0 Å². The Morgan fingerprint density at radius 2 is 2.29 bits per heavy atom. The number of hydrogen-bond acceptors (Lipinski definition) is 4. The molecule has 1 aromatic rings. The van der Waals surface area contributed by atoms with Crippen LogP contribution in [0.4, 0.5) is 11.4 Å². The molecule has 1 aromatic carbocycles. The van der Waals surface area contributed by atoms with Crippen LogP contribution in [0.1, 0.15) is 18.9 Å². The normalized spacial score (nSPS) is 24.4. The van der Waals surface area contributed by atoms with Crippen molar-refractivity contribution < 1.29 is 5.11 Å². The minimum Gasteiger partial charge on any atom is -0.399 e. The molecule has 1 heterocycles. The summed E-state index contributed by atoms with van der Waals surface area (Å²) < 4.78 is 0. The Morgan fingerprint density at radius 3 is 2.94 bits per heavy atom. The van der Waals surface area contributed by atoms with Crippen molar-refractivity contribution in [1.82, 2.24) is 0 Å². The van der Waals surface area contributed by atoms with E-state index in [1.165, 1.54) is 0 Å². The Labute approximate surface area is 101 Å². The molecule has 1 fully saturated rings. The highest BCUT2D eigenvalue weighted by Crippen LogP contribution is 2.27. The zero-order valence-electron chi connectivity index (χ0n) is 9.93. The largest absolute Gasteiger partial charge is 0.399 e. The number of nitrogen functional groups attached to an aromatic ring is 1. The maximum absolute atomic E-state index is 9.70. The van der Waals surface area contributed by atoms with Crippen LogP contribution >= 0.6 is 0 Å². The van der Waals surface area contributed by atoms with Crippen molar-refractivity contribution in [3.63, 3.8) is 0 Å². The summed E-state index contributed by atoms with van der Waals surface area (Å²) in [4.78, 5) is 2.15. The molecule has 4 nitrogen and oxygen atoms in total. The van der Waals surface area contributed by atoms with Crippen molar-refractivity contribution in [3.05, 3.63) is 23.8 Å². The average molecular weight is 231 g/mol. The van der Waals surface area contributed by atoms with Gasteiger partial charge in [-0.3, -0.25) is 0 Å². The zero-order chi connectivity index (χ0) is 12.4. The van der Waals surface area contributed by atoms with Crippen LogP contribution in [0.15, 0.2) is 18.2 Å². The molecule has 0 radical (unpaired) electrons. The van der Waals surface area contributed by atoms with E-state index in [9.17, 15) is 5.11 Å². The van der Waals surface area contributed by atoms with Gasteiger partial charge in [-0.1, -0.05) is 6.92 Å². The molecule has 90 valence electrons. The lowest BCUT2D eigenvalue weighted by molar-refractivity contribution is 0.0971. The van der Waals surface area contributed by atoms with Gasteiger partial charge in [0.05, 0.1) is 17.4 Å². The number of piperidine rings is 1. The van der Waals surface area contributed by atoms with Gasteiger partial charge < -0.3 is 15.7 Å². The van der Waals surface area contributed by atoms with Crippen molar-refractivity contribution in [2.75, 3.05) is 23.7 Å². The lowest BCUT2D eigenvalue weighted by Crippen LogP contribution is -2.42. The van der Waals surface area contributed by atoms with Crippen LogP contribution in [-0.2, 0) is 0 Å². The number of aliphatic hydroxyl groups excluding tert-OH is 1. The number of nitrogens with two attached hydrogens (primary N) is 1. The average Bonchev–Trinajstić information content (AvgIpc) is 2.32. The Hall–Kier alpha value is -1.73. The van der Waals surface area contributed by atoms with E-state index in [0.717, 1.165) is 25.2 Å². The van der Waals surface area contributed by atoms with Gasteiger partial charge in [-0.15, -0.1) is 0 Å². The molecular formula is C13H17N3O. The summed E-state index contributed by atoms with van der Waals surface area (Å²) in [6.45, 7) is 3.59. The summed E-state index contributed by atoms with van der Waals surface area (Å²) in [5.41, 5.74) is 7.80. The maximum atomic E-state index is 9.70. The highest BCUT2D eigenvalue weighted by atomic mass is 16.3. The molecule has 0 saturated carbocycles. The smallest absolute Gasteiger partial charge is 0.101 e. The van der Waals surface area contributed by atoms with E-state index in [4.69, 9.17) is 11.0 Å². The molecule has 2 atom stereocenters. The molecule has 0 amide bonds. The molecule has 2 unspecified atom stereocenters. The van der Waals surface area contributed by atoms with Crippen molar-refractivity contribution in [2.45, 2.75) is 19.4 Å². The molecule has 0 aliphatic carbocycles. The number of rotatable bonds is 1. The molecule has 1 saturated heterocycles. The summed E-state index contributed by atoms with van der Waals surface area (Å²) in [5.74, 6) is 0.229. The first-order valence-corrected chi connectivity index (χ1v) is 5.84. The fourth-order valence-electron chi connectivity index (χ4n) is 2.27. The van der Waals surface area contributed by atoms with E-state index in [2.05, 4.69) is 11.0 Å². The van der Waals surface area contributed by atoms with Crippen LogP contribution in [0.3, 0.4) is 0 Å². The van der Waals surface area contributed by atoms with Gasteiger partial charge in [0, 0.05) is 18.8 Å². The van der Waals surface area contributed by atoms with E-state index in [1.54, 1.807) is 6.07 Å². The lowest BCUT2D eigenvalue weighted by Gasteiger charge is -2.36. The van der Waals surface area contributed by atoms with Crippen molar-refractivity contribution in [2.24, 2.45) is 5.92 Å². The minimum atomic E-state index is -0.231. The molecular weight excluding hydrogens is 214 g/mol. The first-order chi connectivity index (χ1) is 8.11. The minimum absolute atomic E-state index is 0.229. The third-order valence-corrected chi connectivity index (χ3v) is 3.34. The SMILES string of the molecule is CC1CN(c2ccc(N)cc2C#N)CCC1O. The van der Waals surface area contributed by atoms with Gasteiger partial charge in [0.2, 0.25) is 0 Å². The summed E-state index contributed by atoms with van der Waals surface area (Å²) in [6.07, 6.45) is 0.515. The second-order valence-corrected chi connectivity index (χ2v) is 4.67. The molecule has 2 rings (SSSR count). The van der Waals surface area contributed by atoms with E-state index < -0.39 is 0 Å². The van der Waals surface area contributed by atoms with Crippen LogP contribution < -0.4 is 10.6 Å². The first-order valence-electron chi connectivity index (χ1n) is 5.84. The third kappa shape index (κ3) is 2.34. The van der Waals surface area contributed by atoms with E-state index in [-0.39, 0.29) is 12.0 Å². The Morgan fingerprint density at radius 1 is 1.53 bits per heavy atom. The van der Waals surface area contributed by atoms with Crippen molar-refractivity contribution >= 4 is 11.4 Å². The Kier molecular flexibility index (Phi) is 3.21. The number of anilines is 2. The highest BCUT2D eigenvalue weighted by molar-refractivity contribution is 5.64. The monoisotopic (exact) mass is 231 g/mol. The fraction of sp³-hybridized carbons (Fsp3) is 0.462. The van der Waals surface area contributed by atoms with Crippen molar-refractivity contribution in [3.8, 4) is 6.07 Å². The number of aliphatic hydroxyl groups is 1. The fourth-order valence-corrected chi connectivity index (χ4v) is 2.27. The molecule has 4 heteroatoms. The highest BCUT2D eigenvalue weighted by Gasteiger charge is 2.25. The molecule has 1 aliphatic rings. The van der Waals surface area contributed by atoms with E-state index in [0.29, 0.717) is 11.3 Å². The van der Waals surface area contributed by atoms with Crippen LogP contribution in [0.5, 0.6) is 0 Å². The van der Waals surface area contributed by atoms with Gasteiger partial charge in [-0.25, -0.2) is 0 Å². The molecule has 0 bridgehead atoms. The van der Waals surface area contributed by atoms with Gasteiger partial charge in [-0.2, -0.15) is 5.26 Å².